The highest BCUT2D eigenvalue weighted by molar-refractivity contribution is 5.94. The summed E-state index contributed by atoms with van der Waals surface area (Å²) in [5.74, 6) is 0.118. The second-order valence-electron chi connectivity index (χ2n) is 4.68. The molecule has 0 radical (unpaired) electrons. The average molecular weight is 248 g/mol. The number of rotatable bonds is 3. The molecular formula is C14H20N2O2. The average Bonchev–Trinajstić information content (AvgIpc) is 2.40. The number of nitrogens with zero attached hydrogens (tertiary/aromatic N) is 1. The summed E-state index contributed by atoms with van der Waals surface area (Å²) >= 11 is 0. The Bertz CT molecular complexity index is 403. The van der Waals surface area contributed by atoms with Crippen molar-refractivity contribution in [1.82, 2.24) is 10.2 Å². The minimum atomic E-state index is 0.118. The number of hydrogen-bond acceptors (Lipinski definition) is 3. The first kappa shape index (κ1) is 13.1. The highest BCUT2D eigenvalue weighted by atomic mass is 16.5. The molecule has 98 valence electrons. The SMILES string of the molecule is COCc1ccc(C(=O)N2CCNC[C@H]2C)cc1. The first-order chi connectivity index (χ1) is 8.72. The summed E-state index contributed by atoms with van der Waals surface area (Å²) in [6, 6.07) is 7.91. The van der Waals surface area contributed by atoms with Gasteiger partial charge in [-0.25, -0.2) is 0 Å². The molecule has 1 aromatic rings. The van der Waals surface area contributed by atoms with E-state index in [2.05, 4.69) is 12.2 Å². The first-order valence-electron chi connectivity index (χ1n) is 6.32. The van der Waals surface area contributed by atoms with E-state index < -0.39 is 0 Å². The highest BCUT2D eigenvalue weighted by Gasteiger charge is 2.23. The van der Waals surface area contributed by atoms with E-state index in [-0.39, 0.29) is 11.9 Å². The van der Waals surface area contributed by atoms with Crippen LogP contribution in [0, 0.1) is 0 Å². The van der Waals surface area contributed by atoms with Crippen molar-refractivity contribution in [2.45, 2.75) is 19.6 Å². The quantitative estimate of drug-likeness (QED) is 0.876. The molecule has 0 saturated carbocycles. The Morgan fingerprint density at radius 2 is 2.17 bits per heavy atom. The van der Waals surface area contributed by atoms with Crippen LogP contribution in [0.4, 0.5) is 0 Å². The normalized spacial score (nSPS) is 19.9. The molecule has 1 N–H and O–H groups in total. The van der Waals surface area contributed by atoms with Gasteiger partial charge in [-0.05, 0) is 24.6 Å². The van der Waals surface area contributed by atoms with Crippen LogP contribution in [0.5, 0.6) is 0 Å². The number of methoxy groups -OCH3 is 1. The van der Waals surface area contributed by atoms with Crippen LogP contribution >= 0.6 is 0 Å². The Hall–Kier alpha value is -1.39. The molecular weight excluding hydrogens is 228 g/mol. The van der Waals surface area contributed by atoms with Crippen molar-refractivity contribution in [3.8, 4) is 0 Å². The minimum absolute atomic E-state index is 0.118. The van der Waals surface area contributed by atoms with Gasteiger partial charge < -0.3 is 15.0 Å². The molecule has 1 saturated heterocycles. The lowest BCUT2D eigenvalue weighted by molar-refractivity contribution is 0.0655. The monoisotopic (exact) mass is 248 g/mol. The minimum Gasteiger partial charge on any atom is -0.380 e. The molecule has 4 heteroatoms. The number of ether oxygens (including phenoxy) is 1. The smallest absolute Gasteiger partial charge is 0.254 e. The first-order valence-corrected chi connectivity index (χ1v) is 6.32. The van der Waals surface area contributed by atoms with Gasteiger partial charge >= 0.3 is 0 Å². The predicted molar refractivity (Wildman–Crippen MR) is 70.5 cm³/mol. The van der Waals surface area contributed by atoms with Crippen molar-refractivity contribution in [3.05, 3.63) is 35.4 Å². The molecule has 0 spiro atoms. The Labute approximate surface area is 108 Å². The van der Waals surface area contributed by atoms with E-state index >= 15 is 0 Å². The van der Waals surface area contributed by atoms with Crippen LogP contribution in [-0.2, 0) is 11.3 Å². The van der Waals surface area contributed by atoms with E-state index in [0.717, 1.165) is 30.8 Å². The third kappa shape index (κ3) is 2.89. The van der Waals surface area contributed by atoms with Crippen LogP contribution in [0.15, 0.2) is 24.3 Å². The topological polar surface area (TPSA) is 41.6 Å². The number of nitrogens with one attached hydrogen (secondary N) is 1. The lowest BCUT2D eigenvalue weighted by atomic mass is 10.1. The standard InChI is InChI=1S/C14H20N2O2/c1-11-9-15-7-8-16(11)14(17)13-5-3-12(4-6-13)10-18-2/h3-6,11,15H,7-10H2,1-2H3/t11-/m1/s1. The molecule has 0 bridgehead atoms. The molecule has 0 unspecified atom stereocenters. The number of hydrogen-bond donors (Lipinski definition) is 1. The fourth-order valence-corrected chi connectivity index (χ4v) is 2.22. The molecule has 1 amide bonds. The maximum absolute atomic E-state index is 12.3. The zero-order valence-corrected chi connectivity index (χ0v) is 11.0. The van der Waals surface area contributed by atoms with Crippen molar-refractivity contribution in [1.29, 1.82) is 0 Å². The van der Waals surface area contributed by atoms with Crippen LogP contribution in [0.3, 0.4) is 0 Å². The molecule has 0 aromatic heterocycles. The summed E-state index contributed by atoms with van der Waals surface area (Å²) in [6.45, 7) is 5.17. The van der Waals surface area contributed by atoms with Gasteiger partial charge in [0.15, 0.2) is 0 Å². The van der Waals surface area contributed by atoms with Gasteiger partial charge in [-0.3, -0.25) is 4.79 Å². The Morgan fingerprint density at radius 1 is 1.44 bits per heavy atom. The summed E-state index contributed by atoms with van der Waals surface area (Å²) in [6.07, 6.45) is 0. The Morgan fingerprint density at radius 3 is 2.78 bits per heavy atom. The zero-order valence-electron chi connectivity index (χ0n) is 11.0. The van der Waals surface area contributed by atoms with Gasteiger partial charge in [0.1, 0.15) is 0 Å². The molecule has 18 heavy (non-hydrogen) atoms. The number of carbonyl (C=O) groups is 1. The highest BCUT2D eigenvalue weighted by Crippen LogP contribution is 2.12. The van der Waals surface area contributed by atoms with E-state index in [1.165, 1.54) is 0 Å². The van der Waals surface area contributed by atoms with E-state index in [1.54, 1.807) is 7.11 Å². The van der Waals surface area contributed by atoms with Gasteiger partial charge in [0.2, 0.25) is 0 Å². The second-order valence-corrected chi connectivity index (χ2v) is 4.68. The van der Waals surface area contributed by atoms with Crippen molar-refractivity contribution in [2.24, 2.45) is 0 Å². The molecule has 1 atom stereocenters. The third-order valence-electron chi connectivity index (χ3n) is 3.27. The zero-order chi connectivity index (χ0) is 13.0. The van der Waals surface area contributed by atoms with E-state index in [4.69, 9.17) is 4.74 Å². The maximum atomic E-state index is 12.3. The molecule has 1 heterocycles. The predicted octanol–water partition coefficient (Wildman–Crippen LogP) is 1.27. The van der Waals surface area contributed by atoms with Gasteiger partial charge in [0.05, 0.1) is 6.61 Å². The molecule has 1 aliphatic heterocycles. The van der Waals surface area contributed by atoms with Crippen LogP contribution in [0.25, 0.3) is 0 Å². The Balaban J connectivity index is 2.08. The third-order valence-corrected chi connectivity index (χ3v) is 3.27. The molecule has 1 fully saturated rings. The van der Waals surface area contributed by atoms with Crippen molar-refractivity contribution >= 4 is 5.91 Å². The van der Waals surface area contributed by atoms with Crippen molar-refractivity contribution in [3.63, 3.8) is 0 Å². The largest absolute Gasteiger partial charge is 0.380 e. The summed E-state index contributed by atoms with van der Waals surface area (Å²) in [5.41, 5.74) is 1.84. The van der Waals surface area contributed by atoms with Gasteiger partial charge in [0, 0.05) is 38.3 Å². The molecule has 1 aliphatic rings. The number of piperazine rings is 1. The van der Waals surface area contributed by atoms with Gasteiger partial charge in [-0.2, -0.15) is 0 Å². The molecule has 1 aromatic carbocycles. The summed E-state index contributed by atoms with van der Waals surface area (Å²) in [5, 5.41) is 3.29. The lowest BCUT2D eigenvalue weighted by Gasteiger charge is -2.34. The van der Waals surface area contributed by atoms with E-state index in [1.807, 2.05) is 29.2 Å². The lowest BCUT2D eigenvalue weighted by Crippen LogP contribution is -2.52. The number of carbonyl (C=O) groups excluding carboxylic acids is 1. The van der Waals surface area contributed by atoms with Crippen LogP contribution in [-0.4, -0.2) is 43.6 Å². The Kier molecular flexibility index (Phi) is 4.33. The number of benzene rings is 1. The van der Waals surface area contributed by atoms with E-state index in [0.29, 0.717) is 6.61 Å². The molecule has 2 rings (SSSR count). The van der Waals surface area contributed by atoms with Crippen molar-refractivity contribution in [2.75, 3.05) is 26.7 Å². The van der Waals surface area contributed by atoms with Crippen molar-refractivity contribution < 1.29 is 9.53 Å². The fourth-order valence-electron chi connectivity index (χ4n) is 2.22. The van der Waals surface area contributed by atoms with Crippen LogP contribution < -0.4 is 5.32 Å². The second kappa shape index (κ2) is 5.98. The summed E-state index contributed by atoms with van der Waals surface area (Å²) in [7, 11) is 1.67. The van der Waals surface area contributed by atoms with E-state index in [9.17, 15) is 4.79 Å². The fraction of sp³-hybridized carbons (Fsp3) is 0.500. The number of amides is 1. The molecule has 0 aliphatic carbocycles. The van der Waals surface area contributed by atoms with Crippen LogP contribution in [0.2, 0.25) is 0 Å². The van der Waals surface area contributed by atoms with Gasteiger partial charge in [0.25, 0.3) is 5.91 Å². The van der Waals surface area contributed by atoms with Gasteiger partial charge in [-0.15, -0.1) is 0 Å². The summed E-state index contributed by atoms with van der Waals surface area (Å²) < 4.78 is 5.06. The van der Waals surface area contributed by atoms with Crippen LogP contribution in [0.1, 0.15) is 22.8 Å². The summed E-state index contributed by atoms with van der Waals surface area (Å²) in [4.78, 5) is 14.3. The molecule has 4 nitrogen and oxygen atoms in total. The van der Waals surface area contributed by atoms with Gasteiger partial charge in [-0.1, -0.05) is 12.1 Å². The maximum Gasteiger partial charge on any atom is 0.254 e.